The van der Waals surface area contributed by atoms with E-state index < -0.39 is 0 Å². The van der Waals surface area contributed by atoms with E-state index in [0.29, 0.717) is 12.2 Å². The number of nitrogens with two attached hydrogens (primary N) is 1. The molecule has 0 unspecified atom stereocenters. The molecule has 0 saturated carbocycles. The molecule has 0 heterocycles. The molecule has 0 bridgehead atoms. The maximum absolute atomic E-state index is 13.7. The highest BCUT2D eigenvalue weighted by Crippen LogP contribution is 2.22. The number of ether oxygens (including phenoxy) is 1. The van der Waals surface area contributed by atoms with Crippen LogP contribution in [-0.4, -0.2) is 13.7 Å². The van der Waals surface area contributed by atoms with Crippen molar-refractivity contribution in [3.8, 4) is 11.1 Å². The van der Waals surface area contributed by atoms with Gasteiger partial charge in [0.25, 0.3) is 0 Å². The molecule has 0 aliphatic heterocycles. The third-order valence-electron chi connectivity index (χ3n) is 3.16. The number of hydrogen-bond donors (Lipinski definition) is 1. The molecule has 2 nitrogen and oxygen atoms in total. The first kappa shape index (κ1) is 13.7. The number of rotatable bonds is 5. The van der Waals surface area contributed by atoms with E-state index in [2.05, 4.69) is 0 Å². The van der Waals surface area contributed by atoms with Crippen LogP contribution in [0.2, 0.25) is 0 Å². The van der Waals surface area contributed by atoms with Crippen LogP contribution in [0.3, 0.4) is 0 Å². The maximum atomic E-state index is 13.7. The summed E-state index contributed by atoms with van der Waals surface area (Å²) in [6.07, 6.45) is 0.886. The van der Waals surface area contributed by atoms with Gasteiger partial charge in [-0.2, -0.15) is 0 Å². The molecule has 0 spiro atoms. The molecule has 0 amide bonds. The Labute approximate surface area is 113 Å². The first-order valence-corrected chi connectivity index (χ1v) is 6.31. The minimum Gasteiger partial charge on any atom is -0.384 e. The molecule has 0 atom stereocenters. The van der Waals surface area contributed by atoms with E-state index in [1.54, 1.807) is 13.2 Å². The Morgan fingerprint density at radius 1 is 1.05 bits per heavy atom. The lowest BCUT2D eigenvalue weighted by Gasteiger charge is -2.06. The number of methoxy groups -OCH3 is 1. The second kappa shape index (κ2) is 6.45. The van der Waals surface area contributed by atoms with E-state index in [9.17, 15) is 4.39 Å². The first-order valence-electron chi connectivity index (χ1n) is 6.31. The summed E-state index contributed by atoms with van der Waals surface area (Å²) in [7, 11) is 1.69. The SMILES string of the molecule is COCCc1ccc(-c2ccc(CN)c(F)c2)cc1. The molecule has 0 saturated heterocycles. The molecule has 3 heteroatoms. The van der Waals surface area contributed by atoms with Crippen molar-refractivity contribution in [2.45, 2.75) is 13.0 Å². The molecule has 0 fully saturated rings. The fraction of sp³-hybridized carbons (Fsp3) is 0.250. The molecule has 19 heavy (non-hydrogen) atoms. The van der Waals surface area contributed by atoms with Crippen LogP contribution in [0.5, 0.6) is 0 Å². The number of halogens is 1. The highest BCUT2D eigenvalue weighted by molar-refractivity contribution is 5.64. The van der Waals surface area contributed by atoms with Crippen molar-refractivity contribution in [3.63, 3.8) is 0 Å². The molecule has 0 radical (unpaired) electrons. The van der Waals surface area contributed by atoms with Gasteiger partial charge in [0, 0.05) is 19.2 Å². The maximum Gasteiger partial charge on any atom is 0.128 e. The molecule has 0 aliphatic rings. The highest BCUT2D eigenvalue weighted by Gasteiger charge is 2.04. The van der Waals surface area contributed by atoms with E-state index in [0.717, 1.165) is 17.5 Å². The van der Waals surface area contributed by atoms with E-state index in [-0.39, 0.29) is 12.4 Å². The lowest BCUT2D eigenvalue weighted by Crippen LogP contribution is -1.99. The van der Waals surface area contributed by atoms with Gasteiger partial charge in [-0.1, -0.05) is 36.4 Å². The van der Waals surface area contributed by atoms with Crippen LogP contribution in [0.15, 0.2) is 42.5 Å². The Kier molecular flexibility index (Phi) is 4.66. The predicted molar refractivity (Wildman–Crippen MR) is 75.3 cm³/mol. The van der Waals surface area contributed by atoms with Gasteiger partial charge >= 0.3 is 0 Å². The summed E-state index contributed by atoms with van der Waals surface area (Å²) in [5, 5.41) is 0. The summed E-state index contributed by atoms with van der Waals surface area (Å²) in [5.74, 6) is -0.247. The van der Waals surface area contributed by atoms with Gasteiger partial charge in [0.15, 0.2) is 0 Å². The fourth-order valence-electron chi connectivity index (χ4n) is 1.98. The molecule has 0 aromatic heterocycles. The minimum atomic E-state index is -0.247. The van der Waals surface area contributed by atoms with Gasteiger partial charge in [0.2, 0.25) is 0 Å². The normalized spacial score (nSPS) is 10.7. The summed E-state index contributed by atoms with van der Waals surface area (Å²) < 4.78 is 18.7. The Hall–Kier alpha value is -1.71. The molecule has 2 rings (SSSR count). The smallest absolute Gasteiger partial charge is 0.128 e. The van der Waals surface area contributed by atoms with Crippen molar-refractivity contribution >= 4 is 0 Å². The molecular weight excluding hydrogens is 241 g/mol. The Balaban J connectivity index is 2.19. The Morgan fingerprint density at radius 3 is 2.32 bits per heavy atom. The van der Waals surface area contributed by atoms with Crippen LogP contribution in [0.25, 0.3) is 11.1 Å². The standard InChI is InChI=1S/C16H18FNO/c1-19-9-8-12-2-4-13(5-3-12)14-6-7-15(11-18)16(17)10-14/h2-7,10H,8-9,11,18H2,1H3. The van der Waals surface area contributed by atoms with E-state index in [1.165, 1.54) is 11.6 Å². The topological polar surface area (TPSA) is 35.2 Å². The van der Waals surface area contributed by atoms with Crippen LogP contribution in [0.1, 0.15) is 11.1 Å². The average molecular weight is 259 g/mol. The van der Waals surface area contributed by atoms with Crippen molar-refractivity contribution in [2.24, 2.45) is 5.73 Å². The quantitative estimate of drug-likeness (QED) is 0.895. The second-order valence-electron chi connectivity index (χ2n) is 4.45. The van der Waals surface area contributed by atoms with Gasteiger partial charge < -0.3 is 10.5 Å². The van der Waals surface area contributed by atoms with Crippen LogP contribution >= 0.6 is 0 Å². The zero-order valence-corrected chi connectivity index (χ0v) is 11.0. The number of hydrogen-bond acceptors (Lipinski definition) is 2. The Bertz CT molecular complexity index is 537. The molecule has 2 N–H and O–H groups in total. The van der Waals surface area contributed by atoms with Crippen LogP contribution in [0.4, 0.5) is 4.39 Å². The summed E-state index contributed by atoms with van der Waals surface area (Å²) in [6.45, 7) is 0.932. The fourth-order valence-corrected chi connectivity index (χ4v) is 1.98. The van der Waals surface area contributed by atoms with Gasteiger partial charge in [-0.3, -0.25) is 0 Å². The lowest BCUT2D eigenvalue weighted by atomic mass is 10.0. The van der Waals surface area contributed by atoms with E-state index >= 15 is 0 Å². The van der Waals surface area contributed by atoms with Gasteiger partial charge in [0.05, 0.1) is 6.61 Å². The summed E-state index contributed by atoms with van der Waals surface area (Å²) >= 11 is 0. The second-order valence-corrected chi connectivity index (χ2v) is 4.45. The van der Waals surface area contributed by atoms with Crippen LogP contribution in [0, 0.1) is 5.82 Å². The molecular formula is C16H18FNO. The summed E-state index contributed by atoms with van der Waals surface area (Å²) in [5.41, 5.74) is 9.08. The van der Waals surface area contributed by atoms with E-state index in [1.807, 2.05) is 30.3 Å². The first-order chi connectivity index (χ1) is 9.24. The highest BCUT2D eigenvalue weighted by atomic mass is 19.1. The van der Waals surface area contributed by atoms with Crippen molar-refractivity contribution < 1.29 is 9.13 Å². The van der Waals surface area contributed by atoms with Gasteiger partial charge in [-0.25, -0.2) is 4.39 Å². The van der Waals surface area contributed by atoms with Crippen molar-refractivity contribution in [1.82, 2.24) is 0 Å². The third kappa shape index (κ3) is 3.40. The molecule has 100 valence electrons. The van der Waals surface area contributed by atoms with Crippen LogP contribution < -0.4 is 5.73 Å². The van der Waals surface area contributed by atoms with Crippen LogP contribution in [-0.2, 0) is 17.7 Å². The monoisotopic (exact) mass is 259 g/mol. The summed E-state index contributed by atoms with van der Waals surface area (Å²) in [4.78, 5) is 0. The zero-order valence-electron chi connectivity index (χ0n) is 11.0. The molecule has 2 aromatic carbocycles. The van der Waals surface area contributed by atoms with Gasteiger partial charge in [-0.15, -0.1) is 0 Å². The summed E-state index contributed by atoms with van der Waals surface area (Å²) in [6, 6.07) is 13.3. The van der Waals surface area contributed by atoms with Crippen molar-refractivity contribution in [3.05, 3.63) is 59.4 Å². The zero-order chi connectivity index (χ0) is 13.7. The minimum absolute atomic E-state index is 0.224. The van der Waals surface area contributed by atoms with Gasteiger partial charge in [-0.05, 0) is 29.2 Å². The molecule has 2 aromatic rings. The molecule has 0 aliphatic carbocycles. The van der Waals surface area contributed by atoms with Crippen molar-refractivity contribution in [1.29, 1.82) is 0 Å². The average Bonchev–Trinajstić information content (AvgIpc) is 2.45. The van der Waals surface area contributed by atoms with Crippen molar-refractivity contribution in [2.75, 3.05) is 13.7 Å². The predicted octanol–water partition coefficient (Wildman–Crippen LogP) is 3.14. The lowest BCUT2D eigenvalue weighted by molar-refractivity contribution is 0.202. The number of benzene rings is 2. The largest absolute Gasteiger partial charge is 0.384 e. The van der Waals surface area contributed by atoms with E-state index in [4.69, 9.17) is 10.5 Å². The third-order valence-corrected chi connectivity index (χ3v) is 3.16. The Morgan fingerprint density at radius 2 is 1.74 bits per heavy atom. The van der Waals surface area contributed by atoms with Gasteiger partial charge in [0.1, 0.15) is 5.82 Å².